The molecule has 1 aromatic heterocycles. The van der Waals surface area contributed by atoms with Gasteiger partial charge in [-0.2, -0.15) is 5.10 Å². The third kappa shape index (κ3) is 4.77. The lowest BCUT2D eigenvalue weighted by atomic mass is 10.1. The third-order valence-electron chi connectivity index (χ3n) is 3.55. The zero-order valence-corrected chi connectivity index (χ0v) is 14.3. The first-order valence-electron chi connectivity index (χ1n) is 7.25. The van der Waals surface area contributed by atoms with E-state index in [9.17, 15) is 9.18 Å². The molecular formula is C16H22ClFN4O. The first-order valence-corrected chi connectivity index (χ1v) is 7.25. The van der Waals surface area contributed by atoms with E-state index in [1.54, 1.807) is 16.8 Å². The van der Waals surface area contributed by atoms with Crippen LogP contribution in [0.4, 0.5) is 4.39 Å². The molecule has 0 saturated carbocycles. The Labute approximate surface area is 141 Å². The van der Waals surface area contributed by atoms with Gasteiger partial charge in [-0.1, -0.05) is 0 Å². The van der Waals surface area contributed by atoms with E-state index in [0.717, 1.165) is 29.2 Å². The predicted octanol–water partition coefficient (Wildman–Crippen LogP) is 1.93. The maximum absolute atomic E-state index is 13.0. The van der Waals surface area contributed by atoms with Crippen molar-refractivity contribution in [2.45, 2.75) is 20.3 Å². The molecule has 2 rings (SSSR count). The highest BCUT2D eigenvalue weighted by Gasteiger charge is 2.15. The highest BCUT2D eigenvalue weighted by Crippen LogP contribution is 2.18. The molecule has 0 fully saturated rings. The number of likely N-dealkylation sites (N-methyl/N-ethyl adjacent to an activating group) is 1. The molecular weight excluding hydrogens is 319 g/mol. The Bertz CT molecular complexity index is 655. The molecule has 1 aromatic carbocycles. The topological polar surface area (TPSA) is 58.9 Å². The fourth-order valence-electron chi connectivity index (χ4n) is 2.31. The number of halogens is 2. The van der Waals surface area contributed by atoms with Crippen molar-refractivity contribution >= 4 is 18.3 Å². The van der Waals surface area contributed by atoms with E-state index >= 15 is 0 Å². The molecule has 7 heteroatoms. The molecule has 0 aliphatic carbocycles. The summed E-state index contributed by atoms with van der Waals surface area (Å²) >= 11 is 0. The van der Waals surface area contributed by atoms with Crippen LogP contribution in [0.25, 0.3) is 5.69 Å². The molecule has 0 saturated heterocycles. The summed E-state index contributed by atoms with van der Waals surface area (Å²) in [4.78, 5) is 12.0. The maximum atomic E-state index is 13.0. The molecule has 0 aliphatic heterocycles. The summed E-state index contributed by atoms with van der Waals surface area (Å²) < 4.78 is 14.8. The standard InChI is InChI=1S/C16H21FN4O.ClH/c1-11-15(10-16(22)19-9-8-18-3)12(2)21(20-11)14-6-4-13(17)5-7-14;/h4-7,18H,8-10H2,1-3H3,(H,19,22);1H. The van der Waals surface area contributed by atoms with Crippen LogP contribution in [-0.4, -0.2) is 35.8 Å². The highest BCUT2D eigenvalue weighted by atomic mass is 35.5. The van der Waals surface area contributed by atoms with Crippen LogP contribution in [0.2, 0.25) is 0 Å². The van der Waals surface area contributed by atoms with E-state index in [2.05, 4.69) is 15.7 Å². The minimum Gasteiger partial charge on any atom is -0.355 e. The van der Waals surface area contributed by atoms with Gasteiger partial charge in [0.1, 0.15) is 5.82 Å². The SMILES string of the molecule is CNCCNC(=O)Cc1c(C)nn(-c2ccc(F)cc2)c1C.Cl. The molecule has 5 nitrogen and oxygen atoms in total. The van der Waals surface area contributed by atoms with Gasteiger partial charge in [0.05, 0.1) is 17.8 Å². The van der Waals surface area contributed by atoms with Crippen LogP contribution in [-0.2, 0) is 11.2 Å². The molecule has 23 heavy (non-hydrogen) atoms. The van der Waals surface area contributed by atoms with Crippen LogP contribution in [0.1, 0.15) is 17.0 Å². The number of nitrogens with zero attached hydrogens (tertiary/aromatic N) is 2. The van der Waals surface area contributed by atoms with Gasteiger partial charge in [-0.25, -0.2) is 9.07 Å². The lowest BCUT2D eigenvalue weighted by molar-refractivity contribution is -0.120. The van der Waals surface area contributed by atoms with Crippen LogP contribution in [0.3, 0.4) is 0 Å². The van der Waals surface area contributed by atoms with E-state index in [0.29, 0.717) is 13.0 Å². The number of carbonyl (C=O) groups excluding carboxylic acids is 1. The monoisotopic (exact) mass is 340 g/mol. The van der Waals surface area contributed by atoms with Gasteiger partial charge in [0.15, 0.2) is 0 Å². The number of amides is 1. The number of carbonyl (C=O) groups is 1. The fraction of sp³-hybridized carbons (Fsp3) is 0.375. The number of aromatic nitrogens is 2. The molecule has 0 atom stereocenters. The molecule has 0 radical (unpaired) electrons. The van der Waals surface area contributed by atoms with E-state index in [4.69, 9.17) is 0 Å². The Balaban J connectivity index is 0.00000264. The van der Waals surface area contributed by atoms with E-state index in [1.165, 1.54) is 12.1 Å². The van der Waals surface area contributed by atoms with Crippen LogP contribution in [0.5, 0.6) is 0 Å². The van der Waals surface area contributed by atoms with Gasteiger partial charge in [0, 0.05) is 24.3 Å². The normalized spacial score (nSPS) is 10.3. The minimum absolute atomic E-state index is 0. The first-order chi connectivity index (χ1) is 10.5. The number of hydrogen-bond donors (Lipinski definition) is 2. The van der Waals surface area contributed by atoms with Gasteiger partial charge in [-0.15, -0.1) is 12.4 Å². The average Bonchev–Trinajstić information content (AvgIpc) is 2.76. The molecule has 0 bridgehead atoms. The van der Waals surface area contributed by atoms with Gasteiger partial charge in [0.2, 0.25) is 5.91 Å². The van der Waals surface area contributed by atoms with E-state index < -0.39 is 0 Å². The molecule has 0 spiro atoms. The molecule has 126 valence electrons. The Morgan fingerprint density at radius 3 is 2.48 bits per heavy atom. The Kier molecular flexibility index (Phi) is 7.19. The fourth-order valence-corrected chi connectivity index (χ4v) is 2.31. The molecule has 2 aromatic rings. The molecule has 1 amide bonds. The minimum atomic E-state index is -0.283. The second kappa shape index (κ2) is 8.64. The highest BCUT2D eigenvalue weighted by molar-refractivity contribution is 5.85. The van der Waals surface area contributed by atoms with Crippen molar-refractivity contribution in [2.75, 3.05) is 20.1 Å². The van der Waals surface area contributed by atoms with Crippen molar-refractivity contribution in [1.29, 1.82) is 0 Å². The summed E-state index contributed by atoms with van der Waals surface area (Å²) in [5, 5.41) is 10.3. The number of nitrogens with one attached hydrogen (secondary N) is 2. The average molecular weight is 341 g/mol. The van der Waals surface area contributed by atoms with E-state index in [1.807, 2.05) is 20.9 Å². The molecule has 0 unspecified atom stereocenters. The largest absolute Gasteiger partial charge is 0.355 e. The van der Waals surface area contributed by atoms with Crippen molar-refractivity contribution in [3.05, 3.63) is 47.0 Å². The zero-order valence-electron chi connectivity index (χ0n) is 13.5. The van der Waals surface area contributed by atoms with Crippen LogP contribution in [0.15, 0.2) is 24.3 Å². The number of aryl methyl sites for hydroxylation is 1. The van der Waals surface area contributed by atoms with Crippen molar-refractivity contribution in [3.8, 4) is 5.69 Å². The van der Waals surface area contributed by atoms with Gasteiger partial charge in [0.25, 0.3) is 0 Å². The summed E-state index contributed by atoms with van der Waals surface area (Å²) in [5.41, 5.74) is 3.40. The summed E-state index contributed by atoms with van der Waals surface area (Å²) in [6.45, 7) is 5.13. The Morgan fingerprint density at radius 2 is 1.87 bits per heavy atom. The number of rotatable bonds is 6. The summed E-state index contributed by atoms with van der Waals surface area (Å²) in [6, 6.07) is 6.14. The number of hydrogen-bond acceptors (Lipinski definition) is 3. The number of benzene rings is 1. The summed E-state index contributed by atoms with van der Waals surface area (Å²) in [7, 11) is 1.84. The Hall–Kier alpha value is -1.92. The van der Waals surface area contributed by atoms with Gasteiger partial charge >= 0.3 is 0 Å². The zero-order chi connectivity index (χ0) is 16.1. The van der Waals surface area contributed by atoms with Crippen molar-refractivity contribution in [3.63, 3.8) is 0 Å². The smallest absolute Gasteiger partial charge is 0.224 e. The lowest BCUT2D eigenvalue weighted by Gasteiger charge is -2.06. The van der Waals surface area contributed by atoms with Crippen molar-refractivity contribution in [2.24, 2.45) is 0 Å². The Morgan fingerprint density at radius 1 is 1.22 bits per heavy atom. The van der Waals surface area contributed by atoms with Gasteiger partial charge in [-0.05, 0) is 45.2 Å². The van der Waals surface area contributed by atoms with Crippen molar-refractivity contribution < 1.29 is 9.18 Å². The van der Waals surface area contributed by atoms with Crippen LogP contribution < -0.4 is 10.6 Å². The second-order valence-electron chi connectivity index (χ2n) is 5.17. The molecule has 0 aliphatic rings. The molecule has 2 N–H and O–H groups in total. The van der Waals surface area contributed by atoms with Gasteiger partial charge in [-0.3, -0.25) is 4.79 Å². The first kappa shape index (κ1) is 19.1. The van der Waals surface area contributed by atoms with Crippen molar-refractivity contribution in [1.82, 2.24) is 20.4 Å². The summed E-state index contributed by atoms with van der Waals surface area (Å²) in [6.07, 6.45) is 0.294. The van der Waals surface area contributed by atoms with Crippen LogP contribution in [0, 0.1) is 19.7 Å². The summed E-state index contributed by atoms with van der Waals surface area (Å²) in [5.74, 6) is -0.311. The quantitative estimate of drug-likeness (QED) is 0.790. The molecule has 1 heterocycles. The third-order valence-corrected chi connectivity index (χ3v) is 3.55. The predicted molar refractivity (Wildman–Crippen MR) is 90.9 cm³/mol. The van der Waals surface area contributed by atoms with Gasteiger partial charge < -0.3 is 10.6 Å². The lowest BCUT2D eigenvalue weighted by Crippen LogP contribution is -2.31. The van der Waals surface area contributed by atoms with E-state index in [-0.39, 0.29) is 24.1 Å². The second-order valence-corrected chi connectivity index (χ2v) is 5.17. The maximum Gasteiger partial charge on any atom is 0.224 e. The van der Waals surface area contributed by atoms with Crippen LogP contribution >= 0.6 is 12.4 Å².